The van der Waals surface area contributed by atoms with Gasteiger partial charge in [0.2, 0.25) is 6.79 Å². The maximum absolute atomic E-state index is 5.31. The van der Waals surface area contributed by atoms with Crippen molar-refractivity contribution in [3.63, 3.8) is 0 Å². The third kappa shape index (κ3) is 3.81. The lowest BCUT2D eigenvalue weighted by molar-refractivity contribution is 0.174. The first-order valence-electron chi connectivity index (χ1n) is 5.75. The Morgan fingerprint density at radius 1 is 1.42 bits per heavy atom. The molecule has 2 N–H and O–H groups in total. The zero-order valence-electron chi connectivity index (χ0n) is 10.6. The van der Waals surface area contributed by atoms with Crippen LogP contribution in [0, 0.1) is 0 Å². The van der Waals surface area contributed by atoms with Crippen LogP contribution >= 0.6 is 28.1 Å². The largest absolute Gasteiger partial charge is 0.454 e. The van der Waals surface area contributed by atoms with E-state index in [1.54, 1.807) is 6.21 Å². The Morgan fingerprint density at radius 2 is 2.11 bits per heavy atom. The Hall–Kier alpha value is -1.34. The van der Waals surface area contributed by atoms with Crippen molar-refractivity contribution in [2.75, 3.05) is 6.79 Å². The lowest BCUT2D eigenvalue weighted by Crippen LogP contribution is -2.36. The highest BCUT2D eigenvalue weighted by molar-refractivity contribution is 9.10. The van der Waals surface area contributed by atoms with Crippen LogP contribution in [0.2, 0.25) is 0 Å². The predicted octanol–water partition coefficient (Wildman–Crippen LogP) is 2.38. The number of thiocarbonyl (C=S) groups is 1. The van der Waals surface area contributed by atoms with Gasteiger partial charge in [0.25, 0.3) is 0 Å². The van der Waals surface area contributed by atoms with Gasteiger partial charge >= 0.3 is 0 Å². The highest BCUT2D eigenvalue weighted by atomic mass is 79.9. The van der Waals surface area contributed by atoms with E-state index >= 15 is 0 Å². The van der Waals surface area contributed by atoms with Gasteiger partial charge in [-0.1, -0.05) is 0 Å². The fourth-order valence-electron chi connectivity index (χ4n) is 1.49. The second kappa shape index (κ2) is 6.21. The van der Waals surface area contributed by atoms with Crippen molar-refractivity contribution in [1.82, 2.24) is 10.7 Å². The van der Waals surface area contributed by atoms with Gasteiger partial charge in [-0.3, -0.25) is 5.43 Å². The van der Waals surface area contributed by atoms with Gasteiger partial charge in [-0.2, -0.15) is 5.10 Å². The number of hydrogen-bond donors (Lipinski definition) is 2. The van der Waals surface area contributed by atoms with Gasteiger partial charge in [0.15, 0.2) is 16.6 Å². The number of fused-ring (bicyclic) bond motifs is 1. The molecule has 0 atom stereocenters. The Kier molecular flexibility index (Phi) is 4.60. The molecule has 0 amide bonds. The van der Waals surface area contributed by atoms with E-state index in [-0.39, 0.29) is 12.8 Å². The van der Waals surface area contributed by atoms with Crippen molar-refractivity contribution in [1.29, 1.82) is 0 Å². The van der Waals surface area contributed by atoms with Crippen LogP contribution in [0.15, 0.2) is 21.7 Å². The summed E-state index contributed by atoms with van der Waals surface area (Å²) in [5.41, 5.74) is 3.63. The predicted molar refractivity (Wildman–Crippen MR) is 81.9 cm³/mol. The van der Waals surface area contributed by atoms with Crippen LogP contribution in [0.5, 0.6) is 11.5 Å². The molecule has 1 aliphatic rings. The first-order chi connectivity index (χ1) is 9.06. The molecule has 5 nitrogen and oxygen atoms in total. The fraction of sp³-hybridized carbons (Fsp3) is 0.333. The second-order valence-corrected chi connectivity index (χ2v) is 5.49. The number of benzene rings is 1. The van der Waals surface area contributed by atoms with Gasteiger partial charge in [0.1, 0.15) is 0 Å². The van der Waals surface area contributed by atoms with E-state index in [0.29, 0.717) is 10.9 Å². The standard InChI is InChI=1S/C12H14BrN3O2S/c1-7(2)15-12(19)16-14-5-8-3-10-11(4-9(8)13)18-6-17-10/h3-5,7H,6H2,1-2H3,(H2,15,16,19)/b14-5+. The van der Waals surface area contributed by atoms with Gasteiger partial charge in [-0.15, -0.1) is 0 Å². The van der Waals surface area contributed by atoms with Gasteiger partial charge in [-0.25, -0.2) is 0 Å². The minimum atomic E-state index is 0.253. The van der Waals surface area contributed by atoms with Crippen molar-refractivity contribution in [2.45, 2.75) is 19.9 Å². The van der Waals surface area contributed by atoms with Gasteiger partial charge < -0.3 is 14.8 Å². The maximum Gasteiger partial charge on any atom is 0.231 e. The zero-order valence-corrected chi connectivity index (χ0v) is 13.0. The molecule has 1 heterocycles. The van der Waals surface area contributed by atoms with E-state index in [1.165, 1.54) is 0 Å². The number of hydrogen-bond acceptors (Lipinski definition) is 4. The number of nitrogens with one attached hydrogen (secondary N) is 2. The molecule has 0 spiro atoms. The first-order valence-corrected chi connectivity index (χ1v) is 6.95. The second-order valence-electron chi connectivity index (χ2n) is 4.23. The Morgan fingerprint density at radius 3 is 2.79 bits per heavy atom. The minimum Gasteiger partial charge on any atom is -0.454 e. The summed E-state index contributed by atoms with van der Waals surface area (Å²) < 4.78 is 11.5. The molecule has 7 heteroatoms. The number of hydrazone groups is 1. The molecular formula is C12H14BrN3O2S. The lowest BCUT2D eigenvalue weighted by Gasteiger charge is -2.09. The third-order valence-corrected chi connectivity index (χ3v) is 3.18. The van der Waals surface area contributed by atoms with E-state index in [4.69, 9.17) is 21.7 Å². The normalized spacial score (nSPS) is 13.1. The summed E-state index contributed by atoms with van der Waals surface area (Å²) in [7, 11) is 0. The fourth-order valence-corrected chi connectivity index (χ4v) is 2.20. The highest BCUT2D eigenvalue weighted by Gasteiger charge is 2.15. The molecule has 0 bridgehead atoms. The smallest absolute Gasteiger partial charge is 0.231 e. The Balaban J connectivity index is 2.01. The maximum atomic E-state index is 5.31. The molecule has 0 aromatic heterocycles. The average molecular weight is 344 g/mol. The van der Waals surface area contributed by atoms with E-state index in [0.717, 1.165) is 15.8 Å². The summed E-state index contributed by atoms with van der Waals surface area (Å²) in [5, 5.41) is 7.60. The molecule has 1 aromatic rings. The Labute approximate surface area is 125 Å². The molecule has 19 heavy (non-hydrogen) atoms. The molecule has 0 aliphatic carbocycles. The number of halogens is 1. The van der Waals surface area contributed by atoms with Crippen molar-refractivity contribution in [2.24, 2.45) is 5.10 Å². The topological polar surface area (TPSA) is 54.9 Å². The van der Waals surface area contributed by atoms with E-state index < -0.39 is 0 Å². The van der Waals surface area contributed by atoms with Gasteiger partial charge in [-0.05, 0) is 54.1 Å². The van der Waals surface area contributed by atoms with Crippen LogP contribution < -0.4 is 20.2 Å². The average Bonchev–Trinajstić information content (AvgIpc) is 2.75. The lowest BCUT2D eigenvalue weighted by atomic mass is 10.2. The molecule has 2 rings (SSSR count). The SMILES string of the molecule is CC(C)NC(=S)N/N=C/c1cc2c(cc1Br)OCO2. The molecule has 0 fully saturated rings. The molecule has 1 aromatic carbocycles. The number of nitrogens with zero attached hydrogens (tertiary/aromatic N) is 1. The Bertz CT molecular complexity index is 520. The summed E-state index contributed by atoms with van der Waals surface area (Å²) in [6, 6.07) is 3.98. The number of rotatable bonds is 3. The molecule has 0 saturated heterocycles. The summed E-state index contributed by atoms with van der Waals surface area (Å²) in [6.45, 7) is 4.27. The van der Waals surface area contributed by atoms with Crippen molar-refractivity contribution in [3.8, 4) is 11.5 Å². The van der Waals surface area contributed by atoms with Crippen LogP contribution in [0.4, 0.5) is 0 Å². The van der Waals surface area contributed by atoms with Crippen molar-refractivity contribution >= 4 is 39.5 Å². The first kappa shape index (κ1) is 14.1. The van der Waals surface area contributed by atoms with Gasteiger partial charge in [0, 0.05) is 16.1 Å². The van der Waals surface area contributed by atoms with Crippen molar-refractivity contribution in [3.05, 3.63) is 22.2 Å². The van der Waals surface area contributed by atoms with E-state index in [2.05, 4.69) is 31.8 Å². The van der Waals surface area contributed by atoms with Gasteiger partial charge in [0.05, 0.1) is 6.21 Å². The van der Waals surface area contributed by atoms with E-state index in [9.17, 15) is 0 Å². The molecule has 102 valence electrons. The van der Waals surface area contributed by atoms with Crippen molar-refractivity contribution < 1.29 is 9.47 Å². The zero-order chi connectivity index (χ0) is 13.8. The molecular weight excluding hydrogens is 330 g/mol. The van der Waals surface area contributed by atoms with Crippen LogP contribution in [-0.2, 0) is 0 Å². The third-order valence-electron chi connectivity index (χ3n) is 2.28. The molecule has 1 aliphatic heterocycles. The molecule has 0 saturated carbocycles. The minimum absolute atomic E-state index is 0.253. The molecule has 0 radical (unpaired) electrons. The highest BCUT2D eigenvalue weighted by Crippen LogP contribution is 2.36. The summed E-state index contributed by atoms with van der Waals surface area (Å²) in [5.74, 6) is 1.45. The summed E-state index contributed by atoms with van der Waals surface area (Å²) in [6.07, 6.45) is 1.67. The summed E-state index contributed by atoms with van der Waals surface area (Å²) in [4.78, 5) is 0. The summed E-state index contributed by atoms with van der Waals surface area (Å²) >= 11 is 8.52. The quantitative estimate of drug-likeness (QED) is 0.501. The van der Waals surface area contributed by atoms with Crippen LogP contribution in [0.3, 0.4) is 0 Å². The van der Waals surface area contributed by atoms with E-state index in [1.807, 2.05) is 26.0 Å². The van der Waals surface area contributed by atoms with Crippen LogP contribution in [-0.4, -0.2) is 24.2 Å². The monoisotopic (exact) mass is 343 g/mol. The van der Waals surface area contributed by atoms with Crippen LogP contribution in [0.1, 0.15) is 19.4 Å². The molecule has 0 unspecified atom stereocenters. The number of ether oxygens (including phenoxy) is 2. The van der Waals surface area contributed by atoms with Crippen LogP contribution in [0.25, 0.3) is 0 Å².